The number of amidine groups is 1. The van der Waals surface area contributed by atoms with Crippen LogP contribution in [0.25, 0.3) is 0 Å². The fraction of sp³-hybridized carbons (Fsp3) is 0.720. The number of hydrogen-bond acceptors (Lipinski definition) is 14. The molecule has 1 aliphatic carbocycles. The molecule has 15 nitrogen and oxygen atoms in total. The number of aliphatic imine (C=N–C) groups is 1. The summed E-state index contributed by atoms with van der Waals surface area (Å²) in [7, 11) is 0. The summed E-state index contributed by atoms with van der Waals surface area (Å²) in [4.78, 5) is 78.0. The molecular weight excluding hydrogens is 534 g/mol. The molecule has 0 radical (unpaired) electrons. The van der Waals surface area contributed by atoms with Gasteiger partial charge in [0.1, 0.15) is 6.61 Å². The van der Waals surface area contributed by atoms with E-state index < -0.39 is 72.6 Å². The Balaban J connectivity index is 2.74. The summed E-state index contributed by atoms with van der Waals surface area (Å²) in [6.45, 7) is 6.28. The SMILES string of the molecule is CCOC(=O)[N+]1=NC2(CCCCC2)N=C1[C@@H](OC(C)=O)[C@H](OC(C)=O)[C@H](OC(C)=O)[C@@H](COC(C)=O)OC(C)=O. The minimum Gasteiger partial charge on any atom is -0.462 e. The van der Waals surface area contributed by atoms with E-state index in [0.29, 0.717) is 12.8 Å². The molecule has 4 atom stereocenters. The number of esters is 5. The van der Waals surface area contributed by atoms with Crippen LogP contribution in [0.1, 0.15) is 73.6 Å². The number of carbonyl (C=O) groups excluding carboxylic acids is 6. The van der Waals surface area contributed by atoms with Gasteiger partial charge in [-0.2, -0.15) is 4.79 Å². The lowest BCUT2D eigenvalue weighted by Gasteiger charge is -2.33. The first kappa shape index (κ1) is 32.3. The molecule has 40 heavy (non-hydrogen) atoms. The van der Waals surface area contributed by atoms with Crippen molar-refractivity contribution in [1.29, 1.82) is 0 Å². The van der Waals surface area contributed by atoms with Gasteiger partial charge >= 0.3 is 41.8 Å². The molecule has 1 fully saturated rings. The lowest BCUT2D eigenvalue weighted by atomic mass is 9.90. The monoisotopic (exact) mass is 570 g/mol. The average molecular weight is 571 g/mol. The lowest BCUT2D eigenvalue weighted by Crippen LogP contribution is -2.56. The van der Waals surface area contributed by atoms with Gasteiger partial charge in [-0.1, -0.05) is 11.5 Å². The quantitative estimate of drug-likeness (QED) is 0.200. The maximum absolute atomic E-state index is 13.0. The van der Waals surface area contributed by atoms with Crippen LogP contribution in [0.15, 0.2) is 10.1 Å². The Bertz CT molecular complexity index is 1060. The summed E-state index contributed by atoms with van der Waals surface area (Å²) in [5, 5.41) is 4.50. The number of rotatable bonds is 11. The van der Waals surface area contributed by atoms with E-state index in [1.807, 2.05) is 0 Å². The molecule has 222 valence electrons. The standard InChI is InChI=1S/C25H36N3O12/c1-7-35-24(34)28-23(26-25(27-28)11-9-8-10-12-25)22(40-18(6)33)21(39-17(5)32)20(38-16(4)31)19(37-15(3)30)13-36-14(2)29/h19-22H,7-13H2,1-6H3/q+1/t19-,20-,21-,22+/m1/s1. The van der Waals surface area contributed by atoms with E-state index in [1.54, 1.807) is 6.92 Å². The van der Waals surface area contributed by atoms with Gasteiger partial charge in [0.25, 0.3) is 5.66 Å². The Labute approximate surface area is 231 Å². The van der Waals surface area contributed by atoms with Crippen LogP contribution in [0.2, 0.25) is 0 Å². The largest absolute Gasteiger partial charge is 0.533 e. The molecule has 0 aromatic rings. The third-order valence-electron chi connectivity index (χ3n) is 5.83. The van der Waals surface area contributed by atoms with Crippen molar-refractivity contribution in [3.63, 3.8) is 0 Å². The number of nitrogens with zero attached hydrogens (tertiary/aromatic N) is 3. The molecule has 2 aliphatic rings. The van der Waals surface area contributed by atoms with E-state index in [0.717, 1.165) is 58.6 Å². The molecule has 2 rings (SSSR count). The van der Waals surface area contributed by atoms with Crippen LogP contribution in [0.5, 0.6) is 0 Å². The highest BCUT2D eigenvalue weighted by Crippen LogP contribution is 2.37. The van der Waals surface area contributed by atoms with Crippen molar-refractivity contribution in [3.8, 4) is 0 Å². The van der Waals surface area contributed by atoms with Crippen molar-refractivity contribution in [3.05, 3.63) is 0 Å². The summed E-state index contributed by atoms with van der Waals surface area (Å²) >= 11 is 0. The first-order valence-corrected chi connectivity index (χ1v) is 12.9. The summed E-state index contributed by atoms with van der Waals surface area (Å²) in [5.74, 6) is -4.50. The highest BCUT2D eigenvalue weighted by molar-refractivity contribution is 5.89. The third-order valence-corrected chi connectivity index (χ3v) is 5.83. The molecule has 0 saturated heterocycles. The maximum atomic E-state index is 13.0. The molecule has 0 aromatic heterocycles. The van der Waals surface area contributed by atoms with Gasteiger partial charge in [0, 0.05) is 47.5 Å². The van der Waals surface area contributed by atoms with Gasteiger partial charge in [-0.25, -0.2) is 0 Å². The van der Waals surface area contributed by atoms with Gasteiger partial charge in [-0.3, -0.25) is 24.0 Å². The molecule has 1 amide bonds. The highest BCUT2D eigenvalue weighted by Gasteiger charge is 2.57. The van der Waals surface area contributed by atoms with Crippen molar-refractivity contribution >= 4 is 41.8 Å². The molecular formula is C25H36N3O12+. The minimum atomic E-state index is -1.74. The van der Waals surface area contributed by atoms with Crippen molar-refractivity contribution in [2.75, 3.05) is 13.2 Å². The molecule has 0 N–H and O–H groups in total. The Hall–Kier alpha value is -3.91. The summed E-state index contributed by atoms with van der Waals surface area (Å²) in [5.41, 5.74) is -1.07. The van der Waals surface area contributed by atoms with Gasteiger partial charge in [0.05, 0.1) is 6.61 Å². The molecule has 1 heterocycles. The van der Waals surface area contributed by atoms with Crippen molar-refractivity contribution in [2.45, 2.75) is 104 Å². The Morgan fingerprint density at radius 1 is 0.750 bits per heavy atom. The van der Waals surface area contributed by atoms with E-state index in [1.165, 1.54) is 0 Å². The van der Waals surface area contributed by atoms with Gasteiger partial charge in [-0.05, 0) is 29.5 Å². The maximum Gasteiger partial charge on any atom is 0.533 e. The molecule has 15 heteroatoms. The normalized spacial score (nSPS) is 18.6. The zero-order valence-corrected chi connectivity index (χ0v) is 23.5. The second kappa shape index (κ2) is 14.5. The van der Waals surface area contributed by atoms with Crippen LogP contribution < -0.4 is 0 Å². The van der Waals surface area contributed by atoms with Crippen molar-refractivity contribution in [1.82, 2.24) is 0 Å². The molecule has 0 unspecified atom stereocenters. The number of ether oxygens (including phenoxy) is 6. The lowest BCUT2D eigenvalue weighted by molar-refractivity contribution is -0.408. The van der Waals surface area contributed by atoms with Crippen LogP contribution in [-0.2, 0) is 52.4 Å². The van der Waals surface area contributed by atoms with Crippen LogP contribution in [0.4, 0.5) is 4.79 Å². The first-order chi connectivity index (χ1) is 18.8. The van der Waals surface area contributed by atoms with Gasteiger partial charge in [0.15, 0.2) is 18.3 Å². The number of azo groups is 2. The van der Waals surface area contributed by atoms with E-state index in [2.05, 4.69) is 10.1 Å². The molecule has 1 saturated carbocycles. The summed E-state index contributed by atoms with van der Waals surface area (Å²) in [6, 6.07) is 0. The van der Waals surface area contributed by atoms with E-state index in [-0.39, 0.29) is 12.4 Å². The van der Waals surface area contributed by atoms with Crippen LogP contribution in [-0.4, -0.2) is 89.8 Å². The third kappa shape index (κ3) is 9.09. The molecule has 0 aromatic carbocycles. The molecule has 1 spiro atoms. The summed E-state index contributed by atoms with van der Waals surface area (Å²) < 4.78 is 32.7. The van der Waals surface area contributed by atoms with Crippen LogP contribution >= 0.6 is 0 Å². The van der Waals surface area contributed by atoms with E-state index >= 15 is 0 Å². The van der Waals surface area contributed by atoms with Crippen LogP contribution in [0.3, 0.4) is 0 Å². The van der Waals surface area contributed by atoms with E-state index in [9.17, 15) is 28.8 Å². The fourth-order valence-electron chi connectivity index (χ4n) is 4.45. The number of amides is 1. The first-order valence-electron chi connectivity index (χ1n) is 12.9. The topological polar surface area (TPSA) is 186 Å². The van der Waals surface area contributed by atoms with Crippen LogP contribution in [0, 0.1) is 0 Å². The Morgan fingerprint density at radius 2 is 1.30 bits per heavy atom. The molecule has 0 bridgehead atoms. The highest BCUT2D eigenvalue weighted by atomic mass is 16.6. The van der Waals surface area contributed by atoms with Gasteiger partial charge < -0.3 is 28.4 Å². The van der Waals surface area contributed by atoms with Crippen molar-refractivity contribution in [2.24, 2.45) is 10.1 Å². The second-order valence-electron chi connectivity index (χ2n) is 9.25. The average Bonchev–Trinajstić information content (AvgIpc) is 3.21. The predicted octanol–water partition coefficient (Wildman–Crippen LogP) is 1.97. The zero-order valence-electron chi connectivity index (χ0n) is 23.5. The number of hydrogen-bond donors (Lipinski definition) is 0. The smallest absolute Gasteiger partial charge is 0.462 e. The van der Waals surface area contributed by atoms with Crippen molar-refractivity contribution < 1.29 is 61.9 Å². The number of carbonyl (C=O) groups is 6. The van der Waals surface area contributed by atoms with E-state index in [4.69, 9.17) is 28.4 Å². The fourth-order valence-corrected chi connectivity index (χ4v) is 4.45. The zero-order chi connectivity index (χ0) is 30.0. The molecule has 1 aliphatic heterocycles. The Kier molecular flexibility index (Phi) is 11.7. The second-order valence-corrected chi connectivity index (χ2v) is 9.25. The minimum absolute atomic E-state index is 0.0102. The summed E-state index contributed by atoms with van der Waals surface area (Å²) in [6.07, 6.45) is -4.17. The van der Waals surface area contributed by atoms with Gasteiger partial charge in [-0.15, -0.1) is 0 Å². The van der Waals surface area contributed by atoms with Gasteiger partial charge in [0.2, 0.25) is 6.10 Å². The predicted molar refractivity (Wildman–Crippen MR) is 132 cm³/mol. The Morgan fingerprint density at radius 3 is 1.80 bits per heavy atom.